The molecule has 96 valence electrons. The molecule has 2 N–H and O–H groups in total. The first-order valence-electron chi connectivity index (χ1n) is 6.25. The van der Waals surface area contributed by atoms with Gasteiger partial charge in [-0.05, 0) is 40.0 Å². The molecule has 0 saturated carbocycles. The Hall–Kier alpha value is -0.120. The van der Waals surface area contributed by atoms with Gasteiger partial charge in [-0.25, -0.2) is 0 Å². The lowest BCUT2D eigenvalue weighted by Crippen LogP contribution is -2.51. The van der Waals surface area contributed by atoms with Crippen LogP contribution in [0.4, 0.5) is 0 Å². The number of aliphatic hydroxyl groups excluding tert-OH is 1. The first-order chi connectivity index (χ1) is 7.18. The standard InChI is InChI=1S/C13H27NO2/c1-9(2)10(8-15)14-11-7-12(3,4)16-13(11,5)6/h9-11,14-15H,7-8H2,1-6H3. The summed E-state index contributed by atoms with van der Waals surface area (Å²) in [6, 6.07) is 0.462. The Labute approximate surface area is 99.6 Å². The van der Waals surface area contributed by atoms with Gasteiger partial charge in [0.2, 0.25) is 0 Å². The third-order valence-corrected chi connectivity index (χ3v) is 3.49. The Balaban J connectivity index is 2.67. The number of aliphatic hydroxyl groups is 1. The topological polar surface area (TPSA) is 41.5 Å². The van der Waals surface area contributed by atoms with E-state index in [2.05, 4.69) is 46.9 Å². The van der Waals surface area contributed by atoms with Gasteiger partial charge in [-0.15, -0.1) is 0 Å². The van der Waals surface area contributed by atoms with Crippen molar-refractivity contribution in [2.24, 2.45) is 5.92 Å². The van der Waals surface area contributed by atoms with E-state index in [1.807, 2.05) is 0 Å². The summed E-state index contributed by atoms with van der Waals surface area (Å²) >= 11 is 0. The van der Waals surface area contributed by atoms with Crippen molar-refractivity contribution in [3.05, 3.63) is 0 Å². The second kappa shape index (κ2) is 4.63. The molecule has 1 saturated heterocycles. The van der Waals surface area contributed by atoms with E-state index in [0.717, 1.165) is 6.42 Å². The molecule has 1 aliphatic heterocycles. The molecule has 3 nitrogen and oxygen atoms in total. The number of hydrogen-bond acceptors (Lipinski definition) is 3. The zero-order valence-corrected chi connectivity index (χ0v) is 11.5. The van der Waals surface area contributed by atoms with Crippen molar-refractivity contribution in [2.45, 2.75) is 71.2 Å². The lowest BCUT2D eigenvalue weighted by molar-refractivity contribution is -0.0711. The Bertz CT molecular complexity index is 236. The molecule has 3 heteroatoms. The fourth-order valence-corrected chi connectivity index (χ4v) is 2.54. The summed E-state index contributed by atoms with van der Waals surface area (Å²) < 4.78 is 6.03. The van der Waals surface area contributed by atoms with Crippen LogP contribution in [0.2, 0.25) is 0 Å². The lowest BCUT2D eigenvalue weighted by atomic mass is 9.92. The Morgan fingerprint density at radius 3 is 2.19 bits per heavy atom. The molecular weight excluding hydrogens is 202 g/mol. The Morgan fingerprint density at radius 2 is 1.88 bits per heavy atom. The van der Waals surface area contributed by atoms with Crippen molar-refractivity contribution >= 4 is 0 Å². The summed E-state index contributed by atoms with van der Waals surface area (Å²) in [6.07, 6.45) is 0.989. The zero-order chi connectivity index (χ0) is 12.6. The molecule has 1 fully saturated rings. The smallest absolute Gasteiger partial charge is 0.0787 e. The van der Waals surface area contributed by atoms with E-state index in [0.29, 0.717) is 12.0 Å². The van der Waals surface area contributed by atoms with E-state index in [1.54, 1.807) is 0 Å². The number of hydrogen-bond donors (Lipinski definition) is 2. The molecule has 0 spiro atoms. The van der Waals surface area contributed by atoms with Crippen molar-refractivity contribution in [1.29, 1.82) is 0 Å². The highest BCUT2D eigenvalue weighted by Gasteiger charge is 2.46. The predicted molar refractivity (Wildman–Crippen MR) is 66.5 cm³/mol. The van der Waals surface area contributed by atoms with Gasteiger partial charge in [-0.1, -0.05) is 13.8 Å². The van der Waals surface area contributed by atoms with Gasteiger partial charge in [0.25, 0.3) is 0 Å². The van der Waals surface area contributed by atoms with Gasteiger partial charge in [0.15, 0.2) is 0 Å². The number of ether oxygens (including phenoxy) is 1. The van der Waals surface area contributed by atoms with Crippen molar-refractivity contribution in [3.63, 3.8) is 0 Å². The van der Waals surface area contributed by atoms with E-state index in [4.69, 9.17) is 4.74 Å². The van der Waals surface area contributed by atoms with Gasteiger partial charge in [-0.3, -0.25) is 0 Å². The van der Waals surface area contributed by atoms with Crippen LogP contribution in [-0.4, -0.2) is 35.0 Å². The van der Waals surface area contributed by atoms with Crippen molar-refractivity contribution in [2.75, 3.05) is 6.61 Å². The molecule has 0 amide bonds. The van der Waals surface area contributed by atoms with E-state index in [-0.39, 0.29) is 23.9 Å². The quantitative estimate of drug-likeness (QED) is 0.774. The molecule has 0 aliphatic carbocycles. The van der Waals surface area contributed by atoms with E-state index >= 15 is 0 Å². The molecule has 1 heterocycles. The zero-order valence-electron chi connectivity index (χ0n) is 11.5. The highest BCUT2D eigenvalue weighted by molar-refractivity contribution is 5.00. The average molecular weight is 229 g/mol. The molecule has 0 aromatic carbocycles. The van der Waals surface area contributed by atoms with Crippen LogP contribution in [0.15, 0.2) is 0 Å². The first-order valence-corrected chi connectivity index (χ1v) is 6.25. The summed E-state index contributed by atoms with van der Waals surface area (Å²) in [5.41, 5.74) is -0.232. The molecule has 1 aliphatic rings. The van der Waals surface area contributed by atoms with Crippen molar-refractivity contribution in [3.8, 4) is 0 Å². The van der Waals surface area contributed by atoms with Gasteiger partial charge in [0, 0.05) is 12.1 Å². The largest absolute Gasteiger partial charge is 0.395 e. The lowest BCUT2D eigenvalue weighted by Gasteiger charge is -2.32. The minimum absolute atomic E-state index is 0.0713. The molecule has 2 atom stereocenters. The van der Waals surface area contributed by atoms with Gasteiger partial charge in [0.05, 0.1) is 17.8 Å². The van der Waals surface area contributed by atoms with Crippen LogP contribution in [-0.2, 0) is 4.74 Å². The van der Waals surface area contributed by atoms with E-state index in [1.165, 1.54) is 0 Å². The van der Waals surface area contributed by atoms with Gasteiger partial charge in [-0.2, -0.15) is 0 Å². The third-order valence-electron chi connectivity index (χ3n) is 3.49. The fourth-order valence-electron chi connectivity index (χ4n) is 2.54. The molecule has 0 radical (unpaired) electrons. The number of nitrogens with one attached hydrogen (secondary N) is 1. The summed E-state index contributed by atoms with van der Waals surface area (Å²) in [4.78, 5) is 0. The fraction of sp³-hybridized carbons (Fsp3) is 1.00. The summed E-state index contributed by atoms with van der Waals surface area (Å²) in [7, 11) is 0. The third kappa shape index (κ3) is 3.19. The molecule has 0 aromatic heterocycles. The maximum absolute atomic E-state index is 9.35. The Kier molecular flexibility index (Phi) is 4.04. The summed E-state index contributed by atoms with van der Waals surface area (Å²) in [5, 5.41) is 12.9. The van der Waals surface area contributed by atoms with Gasteiger partial charge < -0.3 is 15.2 Å². The molecule has 0 aromatic rings. The molecule has 16 heavy (non-hydrogen) atoms. The summed E-state index contributed by atoms with van der Waals surface area (Å²) in [5.74, 6) is 0.435. The van der Waals surface area contributed by atoms with Crippen molar-refractivity contribution in [1.82, 2.24) is 5.32 Å². The molecule has 2 unspecified atom stereocenters. The van der Waals surface area contributed by atoms with Gasteiger partial charge in [0.1, 0.15) is 0 Å². The van der Waals surface area contributed by atoms with Crippen LogP contribution in [0.1, 0.15) is 48.0 Å². The molecule has 1 rings (SSSR count). The monoisotopic (exact) mass is 229 g/mol. The highest BCUT2D eigenvalue weighted by atomic mass is 16.5. The number of rotatable bonds is 4. The minimum atomic E-state index is -0.161. The van der Waals surface area contributed by atoms with Crippen LogP contribution in [0.5, 0.6) is 0 Å². The van der Waals surface area contributed by atoms with Crippen LogP contribution < -0.4 is 5.32 Å². The van der Waals surface area contributed by atoms with Crippen LogP contribution >= 0.6 is 0 Å². The first kappa shape index (κ1) is 13.9. The molecule has 0 bridgehead atoms. The second-order valence-electron chi connectivity index (χ2n) is 6.42. The Morgan fingerprint density at radius 1 is 1.31 bits per heavy atom. The van der Waals surface area contributed by atoms with Crippen LogP contribution in [0.25, 0.3) is 0 Å². The average Bonchev–Trinajstić information content (AvgIpc) is 2.29. The second-order valence-corrected chi connectivity index (χ2v) is 6.42. The summed E-state index contributed by atoms with van der Waals surface area (Å²) in [6.45, 7) is 12.9. The maximum atomic E-state index is 9.35. The van der Waals surface area contributed by atoms with E-state index in [9.17, 15) is 5.11 Å². The predicted octanol–water partition coefficient (Wildman–Crippen LogP) is 1.94. The maximum Gasteiger partial charge on any atom is 0.0787 e. The minimum Gasteiger partial charge on any atom is -0.395 e. The SMILES string of the molecule is CC(C)C(CO)NC1CC(C)(C)OC1(C)C. The van der Waals surface area contributed by atoms with E-state index < -0.39 is 0 Å². The molecular formula is C13H27NO2. The van der Waals surface area contributed by atoms with Crippen LogP contribution in [0, 0.1) is 5.92 Å². The van der Waals surface area contributed by atoms with Crippen LogP contribution in [0.3, 0.4) is 0 Å². The van der Waals surface area contributed by atoms with Gasteiger partial charge >= 0.3 is 0 Å². The normalized spacial score (nSPS) is 29.6. The van der Waals surface area contributed by atoms with Crippen molar-refractivity contribution < 1.29 is 9.84 Å². The highest BCUT2D eigenvalue weighted by Crippen LogP contribution is 2.37.